The molecule has 7 nitrogen and oxygen atoms in total. The fraction of sp³-hybridized carbons (Fsp3) is 0.400. The molecule has 7 heteroatoms. The van der Waals surface area contributed by atoms with Crippen LogP contribution in [0.2, 0.25) is 0 Å². The highest BCUT2D eigenvalue weighted by atomic mass is 16.5. The van der Waals surface area contributed by atoms with Gasteiger partial charge in [0.05, 0.1) is 11.0 Å². The summed E-state index contributed by atoms with van der Waals surface area (Å²) in [5.74, 6) is 1.68. The molecule has 0 saturated heterocycles. The van der Waals surface area contributed by atoms with Gasteiger partial charge in [0.2, 0.25) is 5.91 Å². The Kier molecular flexibility index (Phi) is 6.73. The van der Waals surface area contributed by atoms with Crippen LogP contribution in [0.4, 0.5) is 5.69 Å². The molecule has 3 aromatic rings. The molecule has 0 unspecified atom stereocenters. The van der Waals surface area contributed by atoms with E-state index < -0.39 is 0 Å². The van der Waals surface area contributed by atoms with Crippen LogP contribution >= 0.6 is 0 Å². The average Bonchev–Trinajstić information content (AvgIpc) is 3.42. The number of fused-ring (bicyclic) bond motifs is 1. The van der Waals surface area contributed by atoms with Crippen molar-refractivity contribution in [2.24, 2.45) is 13.0 Å². The summed E-state index contributed by atoms with van der Waals surface area (Å²) < 4.78 is 7.57. The Balaban J connectivity index is 1.32. The van der Waals surface area contributed by atoms with Gasteiger partial charge in [-0.15, -0.1) is 0 Å². The quantitative estimate of drug-likeness (QED) is 0.566. The molecule has 168 valence electrons. The van der Waals surface area contributed by atoms with E-state index in [2.05, 4.69) is 10.6 Å². The fourth-order valence-corrected chi connectivity index (χ4v) is 4.16. The molecule has 1 fully saturated rings. The van der Waals surface area contributed by atoms with Gasteiger partial charge in [0, 0.05) is 31.6 Å². The Hall–Kier alpha value is -3.35. The third-order valence-corrected chi connectivity index (χ3v) is 6.02. The maximum Gasteiger partial charge on any atom is 0.262 e. The summed E-state index contributed by atoms with van der Waals surface area (Å²) in [4.78, 5) is 29.2. The highest BCUT2D eigenvalue weighted by Gasteiger charge is 2.22. The minimum Gasteiger partial charge on any atom is -0.484 e. The number of carbonyl (C=O) groups is 2. The molecule has 2 N–H and O–H groups in total. The van der Waals surface area contributed by atoms with Crippen LogP contribution in [0.3, 0.4) is 0 Å². The van der Waals surface area contributed by atoms with Crippen molar-refractivity contribution in [3.63, 3.8) is 0 Å². The van der Waals surface area contributed by atoms with E-state index in [1.807, 2.05) is 61.0 Å². The summed E-state index contributed by atoms with van der Waals surface area (Å²) in [7, 11) is 1.97. The molecule has 1 aliphatic carbocycles. The zero-order valence-electron chi connectivity index (χ0n) is 18.7. The van der Waals surface area contributed by atoms with E-state index in [9.17, 15) is 9.59 Å². The second-order valence-corrected chi connectivity index (χ2v) is 8.46. The standard InChI is InChI=1S/C25H30N4O3/c1-17-7-10-20(11-8-17)32-16-24(30)27-19-9-12-22-21(15-19)28-23(29(22)2)13-14-26-25(31)18-5-3-4-6-18/h7-12,15,18H,3-6,13-14,16H2,1-2H3,(H,26,31)(H,27,30). The minimum absolute atomic E-state index is 0.0603. The van der Waals surface area contributed by atoms with Crippen LogP contribution in [0, 0.1) is 12.8 Å². The summed E-state index contributed by atoms with van der Waals surface area (Å²) in [6.45, 7) is 2.52. The van der Waals surface area contributed by atoms with E-state index in [-0.39, 0.29) is 24.3 Å². The highest BCUT2D eigenvalue weighted by molar-refractivity contribution is 5.94. The topological polar surface area (TPSA) is 85.2 Å². The van der Waals surface area contributed by atoms with Crippen LogP contribution < -0.4 is 15.4 Å². The summed E-state index contributed by atoms with van der Waals surface area (Å²) in [5.41, 5.74) is 3.60. The zero-order valence-corrected chi connectivity index (χ0v) is 18.7. The van der Waals surface area contributed by atoms with Crippen LogP contribution in [-0.4, -0.2) is 34.5 Å². The van der Waals surface area contributed by atoms with Crippen LogP contribution in [0.1, 0.15) is 37.1 Å². The van der Waals surface area contributed by atoms with E-state index in [0.29, 0.717) is 24.4 Å². The Morgan fingerprint density at radius 1 is 1.12 bits per heavy atom. The number of aromatic nitrogens is 2. The number of carbonyl (C=O) groups excluding carboxylic acids is 2. The molecule has 1 saturated carbocycles. The van der Waals surface area contributed by atoms with Crippen LogP contribution in [0.15, 0.2) is 42.5 Å². The van der Waals surface area contributed by atoms with E-state index in [1.165, 1.54) is 0 Å². The van der Waals surface area contributed by atoms with Gasteiger partial charge in [-0.05, 0) is 50.1 Å². The number of ether oxygens (including phenoxy) is 1. The molecule has 0 radical (unpaired) electrons. The van der Waals surface area contributed by atoms with Crippen LogP contribution in [-0.2, 0) is 23.1 Å². The normalized spacial score (nSPS) is 13.9. The lowest BCUT2D eigenvalue weighted by Gasteiger charge is -2.10. The molecular formula is C25H30N4O3. The third-order valence-electron chi connectivity index (χ3n) is 6.02. The summed E-state index contributed by atoms with van der Waals surface area (Å²) in [5, 5.41) is 5.91. The Morgan fingerprint density at radius 2 is 1.88 bits per heavy atom. The third kappa shape index (κ3) is 5.28. The number of nitrogens with zero attached hydrogens (tertiary/aromatic N) is 2. The fourth-order valence-electron chi connectivity index (χ4n) is 4.16. The van der Waals surface area contributed by atoms with Crippen molar-refractivity contribution >= 4 is 28.5 Å². The van der Waals surface area contributed by atoms with Crippen LogP contribution in [0.5, 0.6) is 5.75 Å². The largest absolute Gasteiger partial charge is 0.484 e. The maximum absolute atomic E-state index is 12.3. The van der Waals surface area contributed by atoms with Gasteiger partial charge in [-0.1, -0.05) is 30.5 Å². The van der Waals surface area contributed by atoms with E-state index in [1.54, 1.807) is 0 Å². The summed E-state index contributed by atoms with van der Waals surface area (Å²) >= 11 is 0. The van der Waals surface area contributed by atoms with Gasteiger partial charge in [0.1, 0.15) is 11.6 Å². The number of anilines is 1. The Bertz CT molecular complexity index is 1100. The van der Waals surface area contributed by atoms with Gasteiger partial charge < -0.3 is 19.9 Å². The van der Waals surface area contributed by atoms with Crippen molar-refractivity contribution in [3.8, 4) is 5.75 Å². The van der Waals surface area contributed by atoms with Crippen LogP contribution in [0.25, 0.3) is 11.0 Å². The molecule has 4 rings (SSSR count). The van der Waals surface area contributed by atoms with Crippen molar-refractivity contribution in [2.45, 2.75) is 39.0 Å². The molecule has 0 bridgehead atoms. The SMILES string of the molecule is Cc1ccc(OCC(=O)Nc2ccc3c(c2)nc(CCNC(=O)C2CCCC2)n3C)cc1. The molecule has 0 spiro atoms. The lowest BCUT2D eigenvalue weighted by atomic mass is 10.1. The lowest BCUT2D eigenvalue weighted by molar-refractivity contribution is -0.124. The highest BCUT2D eigenvalue weighted by Crippen LogP contribution is 2.24. The van der Waals surface area contributed by atoms with Crippen molar-refractivity contribution in [1.82, 2.24) is 14.9 Å². The predicted octanol–water partition coefficient (Wildman–Crippen LogP) is 3.75. The minimum atomic E-state index is -0.226. The molecule has 0 atom stereocenters. The summed E-state index contributed by atoms with van der Waals surface area (Å²) in [6, 6.07) is 13.2. The molecular weight excluding hydrogens is 404 g/mol. The number of nitrogens with one attached hydrogen (secondary N) is 2. The molecule has 1 heterocycles. The monoisotopic (exact) mass is 434 g/mol. The second kappa shape index (κ2) is 9.85. The van der Waals surface area contributed by atoms with Gasteiger partial charge in [-0.25, -0.2) is 4.98 Å². The first kappa shape index (κ1) is 21.9. The number of amides is 2. The molecule has 2 aromatic carbocycles. The number of imidazole rings is 1. The first-order valence-corrected chi connectivity index (χ1v) is 11.2. The van der Waals surface area contributed by atoms with Gasteiger partial charge >= 0.3 is 0 Å². The van der Waals surface area contributed by atoms with Crippen molar-refractivity contribution in [3.05, 3.63) is 53.9 Å². The maximum atomic E-state index is 12.3. The molecule has 1 aromatic heterocycles. The van der Waals surface area contributed by atoms with E-state index in [0.717, 1.165) is 48.1 Å². The van der Waals surface area contributed by atoms with E-state index >= 15 is 0 Å². The average molecular weight is 435 g/mol. The molecule has 0 aliphatic heterocycles. The number of aryl methyl sites for hydroxylation is 2. The van der Waals surface area contributed by atoms with E-state index in [4.69, 9.17) is 9.72 Å². The lowest BCUT2D eigenvalue weighted by Crippen LogP contribution is -2.31. The molecule has 1 aliphatic rings. The van der Waals surface area contributed by atoms with Crippen molar-refractivity contribution in [2.75, 3.05) is 18.5 Å². The first-order chi connectivity index (χ1) is 15.5. The number of benzene rings is 2. The van der Waals surface area contributed by atoms with Crippen molar-refractivity contribution < 1.29 is 14.3 Å². The predicted molar refractivity (Wildman–Crippen MR) is 125 cm³/mol. The Labute approximate surface area is 188 Å². The number of rotatable bonds is 8. The zero-order chi connectivity index (χ0) is 22.5. The molecule has 32 heavy (non-hydrogen) atoms. The second-order valence-electron chi connectivity index (χ2n) is 8.46. The smallest absolute Gasteiger partial charge is 0.262 e. The molecule has 2 amide bonds. The van der Waals surface area contributed by atoms with Gasteiger partial charge in [0.15, 0.2) is 6.61 Å². The van der Waals surface area contributed by atoms with Crippen molar-refractivity contribution in [1.29, 1.82) is 0 Å². The Morgan fingerprint density at radius 3 is 2.62 bits per heavy atom. The number of hydrogen-bond acceptors (Lipinski definition) is 4. The summed E-state index contributed by atoms with van der Waals surface area (Å²) in [6.07, 6.45) is 4.97. The van der Waals surface area contributed by atoms with Gasteiger partial charge in [-0.3, -0.25) is 9.59 Å². The first-order valence-electron chi connectivity index (χ1n) is 11.2. The van der Waals surface area contributed by atoms with Gasteiger partial charge in [-0.2, -0.15) is 0 Å². The number of hydrogen-bond donors (Lipinski definition) is 2. The van der Waals surface area contributed by atoms with Gasteiger partial charge in [0.25, 0.3) is 5.91 Å².